The Morgan fingerprint density at radius 1 is 1.35 bits per heavy atom. The Morgan fingerprint density at radius 3 is 2.75 bits per heavy atom. The van der Waals surface area contributed by atoms with Gasteiger partial charge in [0.2, 0.25) is 0 Å². The minimum atomic E-state index is -0.337. The molecule has 112 valence electrons. The maximum Gasteiger partial charge on any atom is 0.141 e. The van der Waals surface area contributed by atoms with Crippen molar-refractivity contribution in [1.29, 1.82) is 0 Å². The molecule has 2 nitrogen and oxygen atoms in total. The Balaban J connectivity index is 1.94. The van der Waals surface area contributed by atoms with E-state index in [1.807, 2.05) is 6.07 Å². The summed E-state index contributed by atoms with van der Waals surface area (Å²) in [6.07, 6.45) is 3.65. The fourth-order valence-electron chi connectivity index (χ4n) is 2.88. The number of hydrogen-bond acceptors (Lipinski definition) is 2. The van der Waals surface area contributed by atoms with Crippen molar-refractivity contribution >= 4 is 11.6 Å². The standard InChI is InChI=1S/C16H24ClFN2/c1-2-9-20(11-13-5-7-19-8-6-13)12-14-3-4-16(18)15(17)10-14/h3-4,10,13,19H,2,5-9,11-12H2,1H3. The van der Waals surface area contributed by atoms with Crippen molar-refractivity contribution in [3.05, 3.63) is 34.6 Å². The number of nitrogens with one attached hydrogen (secondary N) is 1. The highest BCUT2D eigenvalue weighted by molar-refractivity contribution is 6.30. The molecule has 0 bridgehead atoms. The zero-order valence-electron chi connectivity index (χ0n) is 12.2. The third-order valence-electron chi connectivity index (χ3n) is 3.91. The van der Waals surface area contributed by atoms with Gasteiger partial charge in [-0.1, -0.05) is 24.6 Å². The van der Waals surface area contributed by atoms with Crippen molar-refractivity contribution in [2.75, 3.05) is 26.2 Å². The van der Waals surface area contributed by atoms with Gasteiger partial charge in [-0.25, -0.2) is 4.39 Å². The van der Waals surface area contributed by atoms with E-state index in [1.165, 1.54) is 18.9 Å². The summed E-state index contributed by atoms with van der Waals surface area (Å²) in [6.45, 7) is 7.54. The topological polar surface area (TPSA) is 15.3 Å². The van der Waals surface area contributed by atoms with Crippen LogP contribution in [0.1, 0.15) is 31.7 Å². The van der Waals surface area contributed by atoms with Gasteiger partial charge in [0.05, 0.1) is 5.02 Å². The number of piperidine rings is 1. The SMILES string of the molecule is CCCN(Cc1ccc(F)c(Cl)c1)CC1CCNCC1. The number of hydrogen-bond donors (Lipinski definition) is 1. The van der Waals surface area contributed by atoms with E-state index in [0.717, 1.165) is 50.6 Å². The minimum Gasteiger partial charge on any atom is -0.317 e. The summed E-state index contributed by atoms with van der Waals surface area (Å²) in [5.41, 5.74) is 1.10. The van der Waals surface area contributed by atoms with Crippen LogP contribution >= 0.6 is 11.6 Å². The van der Waals surface area contributed by atoms with Crippen molar-refractivity contribution in [1.82, 2.24) is 10.2 Å². The van der Waals surface area contributed by atoms with Gasteiger partial charge in [-0.2, -0.15) is 0 Å². The molecular weight excluding hydrogens is 275 g/mol. The monoisotopic (exact) mass is 298 g/mol. The highest BCUT2D eigenvalue weighted by Crippen LogP contribution is 2.19. The van der Waals surface area contributed by atoms with Gasteiger partial charge in [-0.05, 0) is 62.5 Å². The maximum absolute atomic E-state index is 13.2. The lowest BCUT2D eigenvalue weighted by atomic mass is 9.97. The average Bonchev–Trinajstić information content (AvgIpc) is 2.44. The summed E-state index contributed by atoms with van der Waals surface area (Å²) in [7, 11) is 0. The Hall–Kier alpha value is -0.640. The molecule has 2 rings (SSSR count). The summed E-state index contributed by atoms with van der Waals surface area (Å²) in [6, 6.07) is 5.06. The fraction of sp³-hybridized carbons (Fsp3) is 0.625. The Morgan fingerprint density at radius 2 is 2.10 bits per heavy atom. The lowest BCUT2D eigenvalue weighted by Crippen LogP contribution is -2.36. The van der Waals surface area contributed by atoms with E-state index in [4.69, 9.17) is 11.6 Å². The van der Waals surface area contributed by atoms with E-state index >= 15 is 0 Å². The molecule has 1 N–H and O–H groups in total. The third kappa shape index (κ3) is 4.72. The van der Waals surface area contributed by atoms with Gasteiger partial charge in [-0.3, -0.25) is 4.90 Å². The molecule has 0 aromatic heterocycles. The molecule has 0 aliphatic carbocycles. The first-order valence-corrected chi connectivity index (χ1v) is 7.94. The summed E-state index contributed by atoms with van der Waals surface area (Å²) in [5, 5.41) is 3.63. The van der Waals surface area contributed by atoms with Crippen LogP contribution in [-0.2, 0) is 6.54 Å². The second-order valence-electron chi connectivity index (χ2n) is 5.68. The molecule has 0 radical (unpaired) electrons. The van der Waals surface area contributed by atoms with Crippen LogP contribution in [0.5, 0.6) is 0 Å². The average molecular weight is 299 g/mol. The summed E-state index contributed by atoms with van der Waals surface area (Å²) >= 11 is 5.86. The maximum atomic E-state index is 13.2. The molecule has 1 aromatic carbocycles. The third-order valence-corrected chi connectivity index (χ3v) is 4.19. The molecule has 1 aromatic rings. The molecule has 1 aliphatic heterocycles. The lowest BCUT2D eigenvalue weighted by molar-refractivity contribution is 0.199. The second kappa shape index (κ2) is 7.96. The van der Waals surface area contributed by atoms with Crippen LogP contribution < -0.4 is 5.32 Å². The molecule has 4 heteroatoms. The number of nitrogens with zero attached hydrogens (tertiary/aromatic N) is 1. The molecule has 0 unspecified atom stereocenters. The largest absolute Gasteiger partial charge is 0.317 e. The Kier molecular flexibility index (Phi) is 6.27. The predicted molar refractivity (Wildman–Crippen MR) is 82.6 cm³/mol. The summed E-state index contributed by atoms with van der Waals surface area (Å²) < 4.78 is 13.2. The van der Waals surface area contributed by atoms with Crippen LogP contribution in [-0.4, -0.2) is 31.1 Å². The normalized spacial score (nSPS) is 16.8. The predicted octanol–water partition coefficient (Wildman–Crippen LogP) is 3.69. The van der Waals surface area contributed by atoms with E-state index in [2.05, 4.69) is 17.1 Å². The molecule has 1 saturated heterocycles. The lowest BCUT2D eigenvalue weighted by Gasteiger charge is -2.30. The Labute approximate surface area is 126 Å². The summed E-state index contributed by atoms with van der Waals surface area (Å²) in [4.78, 5) is 2.47. The highest BCUT2D eigenvalue weighted by Gasteiger charge is 2.17. The van der Waals surface area contributed by atoms with Gasteiger partial charge in [0.1, 0.15) is 5.82 Å². The second-order valence-corrected chi connectivity index (χ2v) is 6.08. The Bertz CT molecular complexity index is 419. The zero-order valence-corrected chi connectivity index (χ0v) is 12.9. The van der Waals surface area contributed by atoms with E-state index in [9.17, 15) is 4.39 Å². The molecule has 1 aliphatic rings. The van der Waals surface area contributed by atoms with E-state index in [-0.39, 0.29) is 10.8 Å². The van der Waals surface area contributed by atoms with Crippen LogP contribution in [0.2, 0.25) is 5.02 Å². The van der Waals surface area contributed by atoms with Gasteiger partial charge < -0.3 is 5.32 Å². The van der Waals surface area contributed by atoms with Crippen LogP contribution in [0.3, 0.4) is 0 Å². The van der Waals surface area contributed by atoms with Gasteiger partial charge >= 0.3 is 0 Å². The smallest absolute Gasteiger partial charge is 0.141 e. The van der Waals surface area contributed by atoms with E-state index < -0.39 is 0 Å². The molecule has 0 saturated carbocycles. The van der Waals surface area contributed by atoms with Gasteiger partial charge in [0.15, 0.2) is 0 Å². The highest BCUT2D eigenvalue weighted by atomic mass is 35.5. The molecular formula is C16H24ClFN2. The fourth-order valence-corrected chi connectivity index (χ4v) is 3.08. The van der Waals surface area contributed by atoms with E-state index in [1.54, 1.807) is 6.07 Å². The van der Waals surface area contributed by atoms with Gasteiger partial charge in [-0.15, -0.1) is 0 Å². The van der Waals surface area contributed by atoms with Gasteiger partial charge in [0.25, 0.3) is 0 Å². The minimum absolute atomic E-state index is 0.223. The quantitative estimate of drug-likeness (QED) is 0.861. The number of rotatable bonds is 6. The molecule has 1 fully saturated rings. The molecule has 0 atom stereocenters. The van der Waals surface area contributed by atoms with Gasteiger partial charge in [0, 0.05) is 13.1 Å². The first-order valence-electron chi connectivity index (χ1n) is 7.56. The molecule has 20 heavy (non-hydrogen) atoms. The van der Waals surface area contributed by atoms with Crippen molar-refractivity contribution < 1.29 is 4.39 Å². The van der Waals surface area contributed by atoms with Crippen molar-refractivity contribution in [2.45, 2.75) is 32.7 Å². The van der Waals surface area contributed by atoms with Crippen molar-refractivity contribution in [2.24, 2.45) is 5.92 Å². The van der Waals surface area contributed by atoms with E-state index in [0.29, 0.717) is 0 Å². The number of benzene rings is 1. The van der Waals surface area contributed by atoms with Crippen LogP contribution in [0.25, 0.3) is 0 Å². The number of halogens is 2. The first-order chi connectivity index (χ1) is 9.69. The van der Waals surface area contributed by atoms with Crippen LogP contribution in [0.4, 0.5) is 4.39 Å². The summed E-state index contributed by atoms with van der Waals surface area (Å²) in [5.74, 6) is 0.439. The molecule has 0 amide bonds. The van der Waals surface area contributed by atoms with Crippen LogP contribution in [0.15, 0.2) is 18.2 Å². The zero-order chi connectivity index (χ0) is 14.4. The van der Waals surface area contributed by atoms with Crippen LogP contribution in [0, 0.1) is 11.7 Å². The molecule has 1 heterocycles. The molecule has 0 spiro atoms. The van der Waals surface area contributed by atoms with Crippen molar-refractivity contribution in [3.8, 4) is 0 Å². The first kappa shape index (κ1) is 15.7. The van der Waals surface area contributed by atoms with Crippen molar-refractivity contribution in [3.63, 3.8) is 0 Å².